The first-order valence-electron chi connectivity index (χ1n) is 15.3. The fourth-order valence-corrected chi connectivity index (χ4v) is 6.87. The molecule has 254 valence electrons. The van der Waals surface area contributed by atoms with Crippen LogP contribution >= 0.6 is 11.6 Å². The van der Waals surface area contributed by atoms with Crippen LogP contribution in [0, 0.1) is 11.3 Å². The fraction of sp³-hybridized carbons (Fsp3) is 0.606. The molecule has 8 atom stereocenters. The third-order valence-corrected chi connectivity index (χ3v) is 10.3. The summed E-state index contributed by atoms with van der Waals surface area (Å²) >= 11 is 6.70. The van der Waals surface area contributed by atoms with E-state index in [9.17, 15) is 24.6 Å². The number of fused-ring (bicyclic) bond motifs is 5. The van der Waals surface area contributed by atoms with Crippen LogP contribution in [-0.2, 0) is 30.2 Å². The van der Waals surface area contributed by atoms with Crippen molar-refractivity contribution in [2.24, 2.45) is 11.3 Å². The zero-order chi connectivity index (χ0) is 34.2. The van der Waals surface area contributed by atoms with E-state index < -0.39 is 65.0 Å². The first-order chi connectivity index (χ1) is 21.5. The van der Waals surface area contributed by atoms with Gasteiger partial charge in [0, 0.05) is 31.9 Å². The number of amides is 2. The molecular weight excluding hydrogens is 618 g/mol. The third-order valence-electron chi connectivity index (χ3n) is 9.93. The Hall–Kier alpha value is -3.16. The molecule has 4 N–H and O–H groups in total. The van der Waals surface area contributed by atoms with Crippen molar-refractivity contribution in [2.45, 2.75) is 89.1 Å². The van der Waals surface area contributed by atoms with E-state index in [0.29, 0.717) is 17.9 Å². The van der Waals surface area contributed by atoms with Gasteiger partial charge in [0.15, 0.2) is 5.72 Å². The number of alkyl carbamates (subject to hydrolysis) is 1. The van der Waals surface area contributed by atoms with Crippen LogP contribution in [0.4, 0.5) is 10.5 Å². The number of hydrogen-bond donors (Lipinski definition) is 4. The lowest BCUT2D eigenvalue weighted by atomic mass is 9.81. The SMILES string of the molecule is CN[C@@H](C)C(=O)O[C@H]1CC(=O)N(C)c2cc(cc(OC)c2Cl)C/C(C)=C/C=C/[C@@H](OC)[C@@]2(O)CC(OC(=O)N2)[C@@H](C)[C@]2(O)CC12C. The molecule has 1 aromatic rings. The van der Waals surface area contributed by atoms with Crippen molar-refractivity contribution in [2.75, 3.05) is 33.2 Å². The van der Waals surface area contributed by atoms with E-state index in [4.69, 9.17) is 30.5 Å². The molecule has 3 aliphatic rings. The smallest absolute Gasteiger partial charge is 0.409 e. The number of esters is 1. The van der Waals surface area contributed by atoms with E-state index in [1.54, 1.807) is 59.2 Å². The number of likely N-dealkylation sites (N-methyl/N-ethyl adjacent to an activating group) is 1. The number of allylic oxidation sites excluding steroid dienone is 3. The summed E-state index contributed by atoms with van der Waals surface area (Å²) in [6.07, 6.45) is 1.67. The van der Waals surface area contributed by atoms with Crippen molar-refractivity contribution in [3.63, 3.8) is 0 Å². The van der Waals surface area contributed by atoms with Gasteiger partial charge in [-0.25, -0.2) is 4.79 Å². The number of carbonyl (C=O) groups excluding carboxylic acids is 3. The van der Waals surface area contributed by atoms with Gasteiger partial charge in [-0.05, 0) is 51.4 Å². The summed E-state index contributed by atoms with van der Waals surface area (Å²) in [6.45, 7) is 7.00. The largest absolute Gasteiger partial charge is 0.495 e. The van der Waals surface area contributed by atoms with Crippen molar-refractivity contribution in [1.29, 1.82) is 0 Å². The first kappa shape index (κ1) is 35.7. The number of methoxy groups -OCH3 is 2. The molecule has 4 rings (SSSR count). The summed E-state index contributed by atoms with van der Waals surface area (Å²) in [5.41, 5.74) is -2.31. The normalized spacial score (nSPS) is 35.9. The Balaban J connectivity index is 1.83. The van der Waals surface area contributed by atoms with Crippen molar-refractivity contribution in [3.8, 4) is 5.75 Å². The van der Waals surface area contributed by atoms with Crippen LogP contribution in [0.15, 0.2) is 35.9 Å². The van der Waals surface area contributed by atoms with Gasteiger partial charge >= 0.3 is 12.1 Å². The molecule has 2 unspecified atom stereocenters. The molecule has 2 aliphatic heterocycles. The van der Waals surface area contributed by atoms with Crippen LogP contribution < -0.4 is 20.3 Å². The van der Waals surface area contributed by atoms with E-state index in [1.165, 1.54) is 19.1 Å². The third kappa shape index (κ3) is 6.77. The highest BCUT2D eigenvalue weighted by molar-refractivity contribution is 6.35. The van der Waals surface area contributed by atoms with Gasteiger partial charge in [0.2, 0.25) is 5.91 Å². The standard InChI is InChI=1S/C33H46ClN3O9/c1-18-10-9-11-25(44-8)33(42)16-24(45-30(40)36-33)19(2)32(41)17-31(32,4)26(46-29(39)20(3)35-5)15-27(38)37(6)22-13-21(12-18)14-23(43-7)28(22)34/h9-11,13-14,19-20,24-26,35,41-42H,12,15-17H2,1-8H3,(H,36,40)/b11-9+,18-10+/t19-,20+,24?,25-,26+,31?,32-,33+/m1/s1. The molecule has 13 heteroatoms. The highest BCUT2D eigenvalue weighted by Crippen LogP contribution is 2.64. The molecule has 4 bridgehead atoms. The van der Waals surface area contributed by atoms with E-state index in [2.05, 4.69) is 10.6 Å². The second-order valence-electron chi connectivity index (χ2n) is 13.0. The van der Waals surface area contributed by atoms with Crippen LogP contribution in [0.5, 0.6) is 5.75 Å². The molecule has 1 aromatic carbocycles. The zero-order valence-electron chi connectivity index (χ0n) is 27.7. The summed E-state index contributed by atoms with van der Waals surface area (Å²) in [6, 6.07) is 2.92. The molecule has 1 saturated carbocycles. The molecule has 0 spiro atoms. The van der Waals surface area contributed by atoms with E-state index >= 15 is 0 Å². The maximum Gasteiger partial charge on any atom is 0.409 e. The Kier molecular flexibility index (Phi) is 10.5. The lowest BCUT2D eigenvalue weighted by molar-refractivity contribution is -0.163. The number of hydrogen-bond acceptors (Lipinski definition) is 10. The second kappa shape index (κ2) is 13.5. The van der Waals surface area contributed by atoms with Gasteiger partial charge in [-0.15, -0.1) is 0 Å². The first-order valence-corrected chi connectivity index (χ1v) is 15.7. The second-order valence-corrected chi connectivity index (χ2v) is 13.3. The minimum atomic E-state index is -1.85. The molecule has 0 aromatic heterocycles. The molecule has 2 heterocycles. The Morgan fingerprint density at radius 1 is 1.26 bits per heavy atom. The Morgan fingerprint density at radius 2 is 1.96 bits per heavy atom. The molecule has 2 amide bonds. The zero-order valence-corrected chi connectivity index (χ0v) is 28.4. The Bertz CT molecular complexity index is 1420. The lowest BCUT2D eigenvalue weighted by Crippen LogP contribution is -2.64. The maximum atomic E-state index is 13.9. The van der Waals surface area contributed by atoms with Gasteiger partial charge in [-0.3, -0.25) is 14.9 Å². The predicted molar refractivity (Wildman–Crippen MR) is 172 cm³/mol. The topological polar surface area (TPSA) is 156 Å². The van der Waals surface area contributed by atoms with Crippen LogP contribution in [0.1, 0.15) is 52.5 Å². The predicted octanol–water partition coefficient (Wildman–Crippen LogP) is 3.26. The van der Waals surface area contributed by atoms with Gasteiger partial charge in [0.1, 0.15) is 35.1 Å². The Labute approximate surface area is 275 Å². The number of ether oxygens (including phenoxy) is 4. The summed E-state index contributed by atoms with van der Waals surface area (Å²) in [5.74, 6) is -1.34. The van der Waals surface area contributed by atoms with Gasteiger partial charge in [-0.1, -0.05) is 49.2 Å². The summed E-state index contributed by atoms with van der Waals surface area (Å²) in [4.78, 5) is 41.1. The number of carbonyl (C=O) groups is 3. The van der Waals surface area contributed by atoms with Crippen molar-refractivity contribution < 1.29 is 43.5 Å². The van der Waals surface area contributed by atoms with Crippen LogP contribution in [0.2, 0.25) is 5.02 Å². The average molecular weight is 664 g/mol. The van der Waals surface area contributed by atoms with Crippen molar-refractivity contribution in [1.82, 2.24) is 10.6 Å². The summed E-state index contributed by atoms with van der Waals surface area (Å²) < 4.78 is 22.7. The molecule has 46 heavy (non-hydrogen) atoms. The number of benzene rings is 1. The highest BCUT2D eigenvalue weighted by Gasteiger charge is 2.73. The van der Waals surface area contributed by atoms with Crippen molar-refractivity contribution >= 4 is 35.3 Å². The average Bonchev–Trinajstić information content (AvgIpc) is 3.59. The van der Waals surface area contributed by atoms with E-state index in [0.717, 1.165) is 11.1 Å². The molecule has 12 nitrogen and oxygen atoms in total. The van der Waals surface area contributed by atoms with Gasteiger partial charge < -0.3 is 39.4 Å². The molecule has 2 fully saturated rings. The molecule has 1 aliphatic carbocycles. The van der Waals surface area contributed by atoms with Crippen molar-refractivity contribution in [3.05, 3.63) is 46.5 Å². The van der Waals surface area contributed by atoms with E-state index in [1.807, 2.05) is 13.0 Å². The number of nitrogens with one attached hydrogen (secondary N) is 2. The number of halogens is 1. The summed E-state index contributed by atoms with van der Waals surface area (Å²) in [7, 11) is 6.11. The van der Waals surface area contributed by atoms with Gasteiger partial charge in [0.25, 0.3) is 0 Å². The molecule has 1 saturated heterocycles. The number of nitrogens with zero attached hydrogens (tertiary/aromatic N) is 1. The molecule has 0 radical (unpaired) electrons. The minimum Gasteiger partial charge on any atom is -0.495 e. The molecular formula is C33H46ClN3O9. The van der Waals surface area contributed by atoms with Crippen LogP contribution in [0.25, 0.3) is 0 Å². The quantitative estimate of drug-likeness (QED) is 0.345. The maximum absolute atomic E-state index is 13.9. The van der Waals surface area contributed by atoms with Crippen LogP contribution in [-0.4, -0.2) is 92.2 Å². The van der Waals surface area contributed by atoms with Gasteiger partial charge in [-0.2, -0.15) is 0 Å². The Morgan fingerprint density at radius 3 is 2.59 bits per heavy atom. The lowest BCUT2D eigenvalue weighted by Gasteiger charge is -2.43. The summed E-state index contributed by atoms with van der Waals surface area (Å²) in [5, 5.41) is 29.3. The monoisotopic (exact) mass is 663 g/mol. The van der Waals surface area contributed by atoms with E-state index in [-0.39, 0.29) is 24.3 Å². The van der Waals surface area contributed by atoms with Crippen LogP contribution in [0.3, 0.4) is 0 Å². The number of anilines is 1. The number of rotatable bonds is 5. The number of aliphatic hydroxyl groups is 2. The minimum absolute atomic E-state index is 0.100. The highest BCUT2D eigenvalue weighted by atomic mass is 35.5. The van der Waals surface area contributed by atoms with Gasteiger partial charge in [0.05, 0.1) is 24.8 Å². The fourth-order valence-electron chi connectivity index (χ4n) is 6.56.